The van der Waals surface area contributed by atoms with E-state index in [1.807, 2.05) is 61.5 Å². The van der Waals surface area contributed by atoms with Gasteiger partial charge in [0.05, 0.1) is 6.04 Å². The Hall–Kier alpha value is -4.67. The highest BCUT2D eigenvalue weighted by molar-refractivity contribution is 6.30. The molecule has 1 unspecified atom stereocenters. The molecule has 0 radical (unpaired) electrons. The number of unbranched alkanes of at least 4 members (excludes halogenated alkanes) is 1. The highest BCUT2D eigenvalue weighted by Crippen LogP contribution is 2.21. The second-order valence-electron chi connectivity index (χ2n) is 11.0. The predicted octanol–water partition coefficient (Wildman–Crippen LogP) is 5.81. The average Bonchev–Trinajstić information content (AvgIpc) is 3.55. The molecule has 0 bridgehead atoms. The molecule has 11 heteroatoms. The van der Waals surface area contributed by atoms with Gasteiger partial charge in [-0.05, 0) is 61.4 Å². The fourth-order valence-electron chi connectivity index (χ4n) is 4.77. The highest BCUT2D eigenvalue weighted by atomic mass is 35.5. The number of hydrogen-bond donors (Lipinski definition) is 4. The first-order valence-corrected chi connectivity index (χ1v) is 15.6. The lowest BCUT2D eigenvalue weighted by molar-refractivity contribution is -0.123. The van der Waals surface area contributed by atoms with E-state index < -0.39 is 24.1 Å². The van der Waals surface area contributed by atoms with Gasteiger partial charge in [0, 0.05) is 24.5 Å². The number of aryl methyl sites for hydroxylation is 2. The third kappa shape index (κ3) is 11.4. The predicted molar refractivity (Wildman–Crippen MR) is 174 cm³/mol. The molecule has 0 aliphatic carbocycles. The van der Waals surface area contributed by atoms with E-state index in [1.165, 1.54) is 6.26 Å². The molecule has 46 heavy (non-hydrogen) atoms. The Bertz CT molecular complexity index is 1580. The summed E-state index contributed by atoms with van der Waals surface area (Å²) >= 11 is 6.02. The van der Waals surface area contributed by atoms with E-state index in [2.05, 4.69) is 27.0 Å². The van der Waals surface area contributed by atoms with Crippen molar-refractivity contribution in [3.05, 3.63) is 124 Å². The normalized spacial score (nSPS) is 12.2. The first kappa shape index (κ1) is 34.2. The molecular weight excluding hydrogens is 608 g/mol. The minimum absolute atomic E-state index is 0.00892. The number of aromatic nitrogens is 1. The lowest BCUT2D eigenvalue weighted by Crippen LogP contribution is -2.40. The number of carbonyl (C=O) groups excluding carboxylic acids is 3. The van der Waals surface area contributed by atoms with Crippen LogP contribution >= 0.6 is 11.6 Å². The lowest BCUT2D eigenvalue weighted by atomic mass is 9.99. The number of aliphatic hydroxyl groups excluding tert-OH is 1. The van der Waals surface area contributed by atoms with Gasteiger partial charge in [0.15, 0.2) is 11.8 Å². The number of aliphatic hydroxyl groups is 1. The molecule has 10 nitrogen and oxygen atoms in total. The number of amides is 3. The van der Waals surface area contributed by atoms with Gasteiger partial charge in [-0.2, -0.15) is 0 Å². The third-order valence-electron chi connectivity index (χ3n) is 7.22. The van der Waals surface area contributed by atoms with Crippen LogP contribution in [-0.4, -0.2) is 40.6 Å². The van der Waals surface area contributed by atoms with Crippen LogP contribution in [0.25, 0.3) is 0 Å². The molecule has 0 fully saturated rings. The summed E-state index contributed by atoms with van der Waals surface area (Å²) in [4.78, 5) is 41.8. The second-order valence-corrected chi connectivity index (χ2v) is 11.4. The summed E-state index contributed by atoms with van der Waals surface area (Å²) in [5, 5.41) is 20.1. The Kier molecular flexibility index (Phi) is 13.2. The van der Waals surface area contributed by atoms with Crippen molar-refractivity contribution in [2.45, 2.75) is 64.3 Å². The van der Waals surface area contributed by atoms with Crippen LogP contribution in [0.3, 0.4) is 0 Å². The molecule has 1 aromatic heterocycles. The first-order valence-electron chi connectivity index (χ1n) is 15.2. The lowest BCUT2D eigenvalue weighted by Gasteiger charge is -2.22. The molecule has 4 rings (SSSR count). The minimum Gasteiger partial charge on any atom is -0.445 e. The molecule has 0 spiro atoms. The van der Waals surface area contributed by atoms with E-state index in [-0.39, 0.29) is 37.1 Å². The van der Waals surface area contributed by atoms with Crippen LogP contribution in [0.5, 0.6) is 0 Å². The number of nitrogens with one attached hydrogen (secondary N) is 3. The highest BCUT2D eigenvalue weighted by Gasteiger charge is 2.28. The SMILES string of the molecule is Cc1cccc(CC[C@H](NC(=O)CCCCNC(=O)OCc2ccccc2)C(O)c2nc(C(=O)NCc3cccc(Cl)c3)co2)c1. The number of hydrogen-bond acceptors (Lipinski definition) is 7. The minimum atomic E-state index is -1.29. The summed E-state index contributed by atoms with van der Waals surface area (Å²) in [7, 11) is 0. The fraction of sp³-hybridized carbons (Fsp3) is 0.314. The van der Waals surface area contributed by atoms with Crippen LogP contribution in [0.15, 0.2) is 89.5 Å². The maximum Gasteiger partial charge on any atom is 0.407 e. The number of rotatable bonds is 16. The standard InChI is InChI=1S/C35H39ClN4O6/c1-24-9-7-12-25(19-24)16-17-29(39-31(41)15-5-6-18-37-35(44)46-22-26-10-3-2-4-11-26)32(42)34-40-30(23-45-34)33(43)38-21-27-13-8-14-28(36)20-27/h2-4,7-14,19-20,23,29,32,42H,5-6,15-18,21-22H2,1H3,(H,37,44)(H,38,43)(H,39,41)/t29-,32?/m0/s1. The van der Waals surface area contributed by atoms with Gasteiger partial charge < -0.3 is 30.2 Å². The van der Waals surface area contributed by atoms with Gasteiger partial charge in [-0.15, -0.1) is 0 Å². The zero-order valence-electron chi connectivity index (χ0n) is 25.7. The van der Waals surface area contributed by atoms with Crippen molar-refractivity contribution in [3.63, 3.8) is 0 Å². The van der Waals surface area contributed by atoms with Crippen molar-refractivity contribution < 1.29 is 28.6 Å². The monoisotopic (exact) mass is 646 g/mol. The van der Waals surface area contributed by atoms with Gasteiger partial charge >= 0.3 is 6.09 Å². The van der Waals surface area contributed by atoms with Crippen LogP contribution in [0.4, 0.5) is 4.79 Å². The van der Waals surface area contributed by atoms with Crippen LogP contribution in [-0.2, 0) is 29.1 Å². The van der Waals surface area contributed by atoms with Gasteiger partial charge in [0.25, 0.3) is 5.91 Å². The van der Waals surface area contributed by atoms with E-state index in [4.69, 9.17) is 20.8 Å². The van der Waals surface area contributed by atoms with Gasteiger partial charge in [0.2, 0.25) is 11.8 Å². The number of carbonyl (C=O) groups is 3. The molecule has 2 atom stereocenters. The molecule has 3 aromatic carbocycles. The number of ether oxygens (including phenoxy) is 1. The number of halogens is 1. The zero-order chi connectivity index (χ0) is 32.7. The van der Waals surface area contributed by atoms with Crippen LogP contribution in [0.2, 0.25) is 5.02 Å². The molecular formula is C35H39ClN4O6. The van der Waals surface area contributed by atoms with Crippen LogP contribution < -0.4 is 16.0 Å². The molecule has 4 N–H and O–H groups in total. The number of benzene rings is 3. The summed E-state index contributed by atoms with van der Waals surface area (Å²) in [6.45, 7) is 2.78. The molecule has 0 saturated heterocycles. The van der Waals surface area contributed by atoms with Crippen molar-refractivity contribution >= 4 is 29.5 Å². The van der Waals surface area contributed by atoms with Crippen LogP contribution in [0, 0.1) is 6.92 Å². The van der Waals surface area contributed by atoms with E-state index in [9.17, 15) is 19.5 Å². The summed E-state index contributed by atoms with van der Waals surface area (Å²) in [5.41, 5.74) is 3.89. The van der Waals surface area contributed by atoms with E-state index in [0.717, 1.165) is 22.3 Å². The summed E-state index contributed by atoms with van der Waals surface area (Å²) < 4.78 is 10.7. The molecule has 0 aliphatic rings. The Labute approximate surface area is 273 Å². The molecule has 4 aromatic rings. The Balaban J connectivity index is 1.28. The molecule has 3 amide bonds. The Morgan fingerprint density at radius 1 is 0.935 bits per heavy atom. The van der Waals surface area contributed by atoms with Crippen molar-refractivity contribution in [1.82, 2.24) is 20.9 Å². The molecule has 1 heterocycles. The molecule has 242 valence electrons. The summed E-state index contributed by atoms with van der Waals surface area (Å²) in [5.74, 6) is -0.799. The smallest absolute Gasteiger partial charge is 0.407 e. The van der Waals surface area contributed by atoms with Gasteiger partial charge in [0.1, 0.15) is 12.9 Å². The fourth-order valence-corrected chi connectivity index (χ4v) is 4.99. The van der Waals surface area contributed by atoms with E-state index in [1.54, 1.807) is 18.2 Å². The number of oxazole rings is 1. The van der Waals surface area contributed by atoms with Crippen LogP contribution in [0.1, 0.15) is 70.4 Å². The third-order valence-corrected chi connectivity index (χ3v) is 7.45. The number of alkyl carbamates (subject to hydrolysis) is 1. The van der Waals surface area contributed by atoms with E-state index >= 15 is 0 Å². The van der Waals surface area contributed by atoms with Gasteiger partial charge in [-0.1, -0.05) is 83.9 Å². The maximum absolute atomic E-state index is 12.9. The van der Waals surface area contributed by atoms with E-state index in [0.29, 0.717) is 37.3 Å². The zero-order valence-corrected chi connectivity index (χ0v) is 26.5. The van der Waals surface area contributed by atoms with Crippen molar-refractivity contribution in [3.8, 4) is 0 Å². The quantitative estimate of drug-likeness (QED) is 0.112. The van der Waals surface area contributed by atoms with Crippen molar-refractivity contribution in [2.24, 2.45) is 0 Å². The largest absolute Gasteiger partial charge is 0.445 e. The summed E-state index contributed by atoms with van der Waals surface area (Å²) in [6.07, 6.45) is 1.65. The average molecular weight is 647 g/mol. The Morgan fingerprint density at radius 3 is 2.48 bits per heavy atom. The topological polar surface area (TPSA) is 143 Å². The first-order chi connectivity index (χ1) is 22.3. The van der Waals surface area contributed by atoms with Crippen molar-refractivity contribution in [2.75, 3.05) is 6.54 Å². The molecule has 0 aliphatic heterocycles. The van der Waals surface area contributed by atoms with Gasteiger partial charge in [-0.3, -0.25) is 9.59 Å². The second kappa shape index (κ2) is 17.7. The van der Waals surface area contributed by atoms with Gasteiger partial charge in [-0.25, -0.2) is 9.78 Å². The molecule has 0 saturated carbocycles. The van der Waals surface area contributed by atoms with Crippen molar-refractivity contribution in [1.29, 1.82) is 0 Å². The number of nitrogens with zero attached hydrogens (tertiary/aromatic N) is 1. The Morgan fingerprint density at radius 2 is 1.70 bits per heavy atom. The maximum atomic E-state index is 12.9. The summed E-state index contributed by atoms with van der Waals surface area (Å²) in [6, 6.07) is 23.8.